The van der Waals surface area contributed by atoms with Gasteiger partial charge < -0.3 is 9.72 Å². The fraction of sp³-hybridized carbons (Fsp3) is 0.292. The van der Waals surface area contributed by atoms with Crippen LogP contribution >= 0.6 is 0 Å². The number of benzene rings is 2. The van der Waals surface area contributed by atoms with Crippen molar-refractivity contribution in [3.63, 3.8) is 0 Å². The highest BCUT2D eigenvalue weighted by molar-refractivity contribution is 6.09. The first kappa shape index (κ1) is 18.5. The fourth-order valence-corrected chi connectivity index (χ4v) is 3.77. The Labute approximate surface area is 165 Å². The minimum atomic E-state index is -0.0406. The predicted octanol–water partition coefficient (Wildman–Crippen LogP) is 4.93. The normalized spacial score (nSPS) is 15.3. The van der Waals surface area contributed by atoms with Crippen molar-refractivity contribution < 1.29 is 9.53 Å². The summed E-state index contributed by atoms with van der Waals surface area (Å²) < 4.78 is 5.97. The molecule has 4 rings (SSSR count). The van der Waals surface area contributed by atoms with E-state index in [0.717, 1.165) is 36.1 Å². The number of carbonyl (C=O) groups excluding carboxylic acids is 1. The second-order valence-electron chi connectivity index (χ2n) is 7.23. The molecular formula is C24H26N2O2. The van der Waals surface area contributed by atoms with Crippen molar-refractivity contribution in [2.75, 3.05) is 26.2 Å². The molecule has 0 unspecified atom stereocenters. The number of ketones is 1. The molecule has 1 aliphatic rings. The number of ether oxygens (including phenoxy) is 1. The predicted molar refractivity (Wildman–Crippen MR) is 114 cm³/mol. The van der Waals surface area contributed by atoms with Gasteiger partial charge >= 0.3 is 0 Å². The Kier molecular flexibility index (Phi) is 5.88. The van der Waals surface area contributed by atoms with Crippen molar-refractivity contribution >= 4 is 22.8 Å². The van der Waals surface area contributed by atoms with Crippen LogP contribution in [0.3, 0.4) is 0 Å². The summed E-state index contributed by atoms with van der Waals surface area (Å²) in [4.78, 5) is 18.4. The Bertz CT molecular complexity index is 967. The van der Waals surface area contributed by atoms with Gasteiger partial charge in [0, 0.05) is 23.6 Å². The molecule has 4 heteroatoms. The number of likely N-dealkylation sites (tertiary alicyclic amines) is 1. The summed E-state index contributed by atoms with van der Waals surface area (Å²) in [6.07, 6.45) is 9.30. The Morgan fingerprint density at radius 1 is 1.04 bits per heavy atom. The molecule has 0 amide bonds. The zero-order valence-corrected chi connectivity index (χ0v) is 16.1. The van der Waals surface area contributed by atoms with E-state index < -0.39 is 0 Å². The van der Waals surface area contributed by atoms with Crippen molar-refractivity contribution in [1.82, 2.24) is 9.88 Å². The maximum Gasteiger partial charge on any atom is 0.189 e. The maximum absolute atomic E-state index is 12.8. The van der Waals surface area contributed by atoms with E-state index in [1.807, 2.05) is 60.8 Å². The van der Waals surface area contributed by atoms with Crippen LogP contribution in [0.5, 0.6) is 5.75 Å². The highest BCUT2D eigenvalue weighted by Crippen LogP contribution is 2.22. The van der Waals surface area contributed by atoms with Crippen LogP contribution in [0.2, 0.25) is 0 Å². The van der Waals surface area contributed by atoms with Crippen molar-refractivity contribution in [3.05, 3.63) is 71.9 Å². The zero-order chi connectivity index (χ0) is 19.2. The molecule has 2 heterocycles. The second-order valence-corrected chi connectivity index (χ2v) is 7.23. The quantitative estimate of drug-likeness (QED) is 0.471. The van der Waals surface area contributed by atoms with Crippen molar-refractivity contribution in [3.8, 4) is 5.75 Å². The number of piperidine rings is 1. The van der Waals surface area contributed by atoms with E-state index in [1.54, 1.807) is 6.08 Å². The van der Waals surface area contributed by atoms with Crippen LogP contribution in [0.1, 0.15) is 35.2 Å². The Morgan fingerprint density at radius 3 is 2.79 bits per heavy atom. The first-order valence-electron chi connectivity index (χ1n) is 10.0. The third-order valence-electron chi connectivity index (χ3n) is 5.31. The minimum Gasteiger partial charge on any atom is -0.491 e. The molecule has 4 nitrogen and oxygen atoms in total. The molecule has 1 N–H and O–H groups in total. The van der Waals surface area contributed by atoms with E-state index >= 15 is 0 Å². The number of H-pyrrole nitrogens is 1. The Hall–Kier alpha value is -2.85. The summed E-state index contributed by atoms with van der Waals surface area (Å²) >= 11 is 0. The number of hydrogen-bond acceptors (Lipinski definition) is 3. The van der Waals surface area contributed by atoms with Gasteiger partial charge in [0.2, 0.25) is 0 Å². The fourth-order valence-electron chi connectivity index (χ4n) is 3.77. The van der Waals surface area contributed by atoms with Crippen molar-refractivity contribution in [1.29, 1.82) is 0 Å². The molecular weight excluding hydrogens is 348 g/mol. The molecule has 1 aromatic heterocycles. The lowest BCUT2D eigenvalue weighted by atomic mass is 10.1. The molecule has 144 valence electrons. The summed E-state index contributed by atoms with van der Waals surface area (Å²) in [6, 6.07) is 15.6. The number of para-hydroxylation sites is 1. The topological polar surface area (TPSA) is 45.3 Å². The summed E-state index contributed by atoms with van der Waals surface area (Å²) in [5, 5.41) is 1.11. The summed E-state index contributed by atoms with van der Waals surface area (Å²) in [5.74, 6) is 0.620. The number of nitrogens with zero attached hydrogens (tertiary/aromatic N) is 1. The smallest absolute Gasteiger partial charge is 0.189 e. The van der Waals surface area contributed by atoms with E-state index in [-0.39, 0.29) is 5.78 Å². The number of fused-ring (bicyclic) bond motifs is 1. The first-order chi connectivity index (χ1) is 13.8. The van der Waals surface area contributed by atoms with Crippen molar-refractivity contribution in [2.24, 2.45) is 0 Å². The van der Waals surface area contributed by atoms with Gasteiger partial charge in [-0.1, -0.05) is 36.8 Å². The monoisotopic (exact) mass is 374 g/mol. The summed E-state index contributed by atoms with van der Waals surface area (Å²) in [5.41, 5.74) is 2.70. The third kappa shape index (κ3) is 4.34. The molecule has 0 bridgehead atoms. The first-order valence-corrected chi connectivity index (χ1v) is 10.0. The van der Waals surface area contributed by atoms with Crippen LogP contribution in [-0.4, -0.2) is 41.9 Å². The average Bonchev–Trinajstić information content (AvgIpc) is 3.23. The van der Waals surface area contributed by atoms with E-state index in [2.05, 4.69) is 9.88 Å². The molecule has 1 saturated heterocycles. The molecule has 0 radical (unpaired) electrons. The molecule has 1 fully saturated rings. The van der Waals surface area contributed by atoms with Crippen LogP contribution in [0.4, 0.5) is 0 Å². The number of nitrogens with one attached hydrogen (secondary N) is 1. The highest BCUT2D eigenvalue weighted by atomic mass is 16.5. The van der Waals surface area contributed by atoms with E-state index in [9.17, 15) is 4.79 Å². The zero-order valence-electron chi connectivity index (χ0n) is 16.1. The Morgan fingerprint density at radius 2 is 1.89 bits per heavy atom. The SMILES string of the molecule is O=C(C=Cc1cccc2[nH]ccc12)c1ccccc1OCCN1CCCCC1. The standard InChI is InChI=1S/C24H26N2O2/c27-23(12-11-19-7-6-9-22-20(19)13-14-25-22)21-8-2-3-10-24(21)28-18-17-26-15-4-1-5-16-26/h2-3,6-14,25H,1,4-5,15-18H2. The lowest BCUT2D eigenvalue weighted by Gasteiger charge is -2.26. The molecule has 0 atom stereocenters. The van der Waals surface area contributed by atoms with Crippen LogP contribution < -0.4 is 4.74 Å². The van der Waals surface area contributed by atoms with Gasteiger partial charge in [-0.25, -0.2) is 0 Å². The van der Waals surface area contributed by atoms with E-state index in [0.29, 0.717) is 17.9 Å². The summed E-state index contributed by atoms with van der Waals surface area (Å²) in [7, 11) is 0. The minimum absolute atomic E-state index is 0.0406. The van der Waals surface area contributed by atoms with Gasteiger partial charge in [-0.05, 0) is 61.8 Å². The van der Waals surface area contributed by atoms with Crippen LogP contribution in [0.25, 0.3) is 17.0 Å². The van der Waals surface area contributed by atoms with Gasteiger partial charge in [0.05, 0.1) is 5.56 Å². The highest BCUT2D eigenvalue weighted by Gasteiger charge is 2.12. The van der Waals surface area contributed by atoms with Gasteiger partial charge in [0.25, 0.3) is 0 Å². The average molecular weight is 374 g/mol. The number of aromatic nitrogens is 1. The van der Waals surface area contributed by atoms with Gasteiger partial charge in [0.1, 0.15) is 12.4 Å². The van der Waals surface area contributed by atoms with Crippen LogP contribution in [0.15, 0.2) is 60.8 Å². The number of aromatic amines is 1. The molecule has 1 aliphatic heterocycles. The molecule has 28 heavy (non-hydrogen) atoms. The van der Waals surface area contributed by atoms with E-state index in [1.165, 1.54) is 19.3 Å². The molecule has 3 aromatic rings. The molecule has 0 saturated carbocycles. The van der Waals surface area contributed by atoms with Crippen LogP contribution in [-0.2, 0) is 0 Å². The number of rotatable bonds is 7. The molecule has 2 aromatic carbocycles. The number of allylic oxidation sites excluding steroid dienone is 1. The van der Waals surface area contributed by atoms with Gasteiger partial charge in [0.15, 0.2) is 5.78 Å². The molecule has 0 spiro atoms. The molecule has 0 aliphatic carbocycles. The lowest BCUT2D eigenvalue weighted by Crippen LogP contribution is -2.33. The number of carbonyl (C=O) groups is 1. The Balaban J connectivity index is 1.43. The van der Waals surface area contributed by atoms with Gasteiger partial charge in [-0.2, -0.15) is 0 Å². The maximum atomic E-state index is 12.8. The van der Waals surface area contributed by atoms with Crippen LogP contribution in [0, 0.1) is 0 Å². The van der Waals surface area contributed by atoms with Gasteiger partial charge in [-0.3, -0.25) is 9.69 Å². The lowest BCUT2D eigenvalue weighted by molar-refractivity contribution is 0.104. The summed E-state index contributed by atoms with van der Waals surface area (Å²) in [6.45, 7) is 3.82. The van der Waals surface area contributed by atoms with Crippen molar-refractivity contribution in [2.45, 2.75) is 19.3 Å². The second kappa shape index (κ2) is 8.89. The third-order valence-corrected chi connectivity index (χ3v) is 5.31. The van der Waals surface area contributed by atoms with Gasteiger partial charge in [-0.15, -0.1) is 0 Å². The van der Waals surface area contributed by atoms with E-state index in [4.69, 9.17) is 4.74 Å². The largest absolute Gasteiger partial charge is 0.491 e. The number of hydrogen-bond donors (Lipinski definition) is 1.